The highest BCUT2D eigenvalue weighted by molar-refractivity contribution is 7.90. The van der Waals surface area contributed by atoms with E-state index in [0.29, 0.717) is 11.1 Å². The number of amides is 1. The smallest absolute Gasteiger partial charge is 0.254 e. The summed E-state index contributed by atoms with van der Waals surface area (Å²) < 4.78 is 36.9. The van der Waals surface area contributed by atoms with Gasteiger partial charge in [-0.3, -0.25) is 4.79 Å². The van der Waals surface area contributed by atoms with Crippen molar-refractivity contribution in [3.63, 3.8) is 0 Å². The largest absolute Gasteiger partial charge is 0.331 e. The molecule has 1 saturated carbocycles. The molecule has 0 aliphatic heterocycles. The van der Waals surface area contributed by atoms with Gasteiger partial charge in [-0.25, -0.2) is 12.8 Å². The second-order valence-corrected chi connectivity index (χ2v) is 8.07. The maximum atomic E-state index is 13.9. The third-order valence-corrected chi connectivity index (χ3v) is 5.20. The number of carbonyl (C=O) groups excluding carboxylic acids is 1. The molecule has 126 valence electrons. The molecule has 0 unspecified atom stereocenters. The Bertz CT molecular complexity index is 858. The second-order valence-electron chi connectivity index (χ2n) is 6.05. The molecule has 1 amide bonds. The average molecular weight is 347 g/mol. The van der Waals surface area contributed by atoms with Crippen LogP contribution in [-0.4, -0.2) is 31.5 Å². The average Bonchev–Trinajstić information content (AvgIpc) is 3.37. The summed E-state index contributed by atoms with van der Waals surface area (Å²) in [6.45, 7) is 0.212. The maximum Gasteiger partial charge on any atom is 0.254 e. The molecule has 1 aliphatic carbocycles. The molecule has 0 atom stereocenters. The maximum absolute atomic E-state index is 13.9. The second kappa shape index (κ2) is 6.36. The Hall–Kier alpha value is -2.21. The fourth-order valence-electron chi connectivity index (χ4n) is 2.57. The van der Waals surface area contributed by atoms with Crippen LogP contribution < -0.4 is 0 Å². The summed E-state index contributed by atoms with van der Waals surface area (Å²) in [6, 6.07) is 12.4. The predicted octanol–water partition coefficient (Wildman–Crippen LogP) is 3.03. The van der Waals surface area contributed by atoms with E-state index < -0.39 is 9.84 Å². The zero-order valence-electron chi connectivity index (χ0n) is 13.3. The molecule has 0 spiro atoms. The van der Waals surface area contributed by atoms with Crippen molar-refractivity contribution in [1.82, 2.24) is 4.90 Å². The molecule has 2 aromatic rings. The van der Waals surface area contributed by atoms with Gasteiger partial charge in [-0.05, 0) is 43.2 Å². The normalized spacial score (nSPS) is 14.4. The van der Waals surface area contributed by atoms with Gasteiger partial charge in [0.2, 0.25) is 0 Å². The predicted molar refractivity (Wildman–Crippen MR) is 88.8 cm³/mol. The molecule has 0 heterocycles. The molecule has 24 heavy (non-hydrogen) atoms. The van der Waals surface area contributed by atoms with Gasteiger partial charge in [-0.1, -0.05) is 18.2 Å². The van der Waals surface area contributed by atoms with E-state index in [0.717, 1.165) is 19.1 Å². The zero-order chi connectivity index (χ0) is 17.3. The Morgan fingerprint density at radius 1 is 1.12 bits per heavy atom. The van der Waals surface area contributed by atoms with Crippen molar-refractivity contribution >= 4 is 15.7 Å². The summed E-state index contributed by atoms with van der Waals surface area (Å²) in [4.78, 5) is 14.6. The lowest BCUT2D eigenvalue weighted by atomic mass is 10.1. The fourth-order valence-corrected chi connectivity index (χ4v) is 3.20. The summed E-state index contributed by atoms with van der Waals surface area (Å²) in [5, 5.41) is 0. The molecule has 0 aromatic heterocycles. The van der Waals surface area contributed by atoms with Crippen molar-refractivity contribution in [3.8, 4) is 0 Å². The first-order valence-corrected chi connectivity index (χ1v) is 9.60. The van der Waals surface area contributed by atoms with Gasteiger partial charge in [0.05, 0.1) is 4.90 Å². The first-order chi connectivity index (χ1) is 11.4. The Labute approximate surface area is 140 Å². The first-order valence-electron chi connectivity index (χ1n) is 7.71. The number of nitrogens with zero attached hydrogens (tertiary/aromatic N) is 1. The minimum absolute atomic E-state index is 0.117. The third-order valence-electron chi connectivity index (χ3n) is 4.08. The molecule has 0 bridgehead atoms. The van der Waals surface area contributed by atoms with Crippen molar-refractivity contribution in [1.29, 1.82) is 0 Å². The molecule has 1 aliphatic rings. The molecule has 4 nitrogen and oxygen atoms in total. The molecular formula is C18H18FNO3S. The monoisotopic (exact) mass is 347 g/mol. The van der Waals surface area contributed by atoms with Gasteiger partial charge in [-0.15, -0.1) is 0 Å². The zero-order valence-corrected chi connectivity index (χ0v) is 14.1. The van der Waals surface area contributed by atoms with E-state index >= 15 is 0 Å². The van der Waals surface area contributed by atoms with Crippen molar-refractivity contribution in [2.24, 2.45) is 0 Å². The highest BCUT2D eigenvalue weighted by Gasteiger charge is 2.33. The van der Waals surface area contributed by atoms with E-state index in [9.17, 15) is 17.6 Å². The van der Waals surface area contributed by atoms with Gasteiger partial charge in [0, 0.05) is 30.0 Å². The van der Waals surface area contributed by atoms with E-state index in [-0.39, 0.29) is 29.2 Å². The minimum atomic E-state index is -3.30. The summed E-state index contributed by atoms with van der Waals surface area (Å²) in [6.07, 6.45) is 2.93. The van der Waals surface area contributed by atoms with E-state index in [1.807, 2.05) is 0 Å². The lowest BCUT2D eigenvalue weighted by Gasteiger charge is -2.23. The number of rotatable bonds is 5. The van der Waals surface area contributed by atoms with Crippen LogP contribution in [0.4, 0.5) is 4.39 Å². The molecule has 1 fully saturated rings. The van der Waals surface area contributed by atoms with Crippen molar-refractivity contribution in [2.75, 3.05) is 6.26 Å². The summed E-state index contributed by atoms with van der Waals surface area (Å²) in [5.41, 5.74) is 0.885. The summed E-state index contributed by atoms with van der Waals surface area (Å²) in [7, 11) is -3.30. The van der Waals surface area contributed by atoms with Gasteiger partial charge in [0.25, 0.3) is 5.91 Å². The van der Waals surface area contributed by atoms with Gasteiger partial charge in [0.15, 0.2) is 9.84 Å². The van der Waals surface area contributed by atoms with E-state index in [2.05, 4.69) is 0 Å². The van der Waals surface area contributed by atoms with Crippen LogP contribution in [0.1, 0.15) is 28.8 Å². The number of benzene rings is 2. The first kappa shape index (κ1) is 16.6. The molecule has 0 N–H and O–H groups in total. The van der Waals surface area contributed by atoms with E-state index in [1.54, 1.807) is 23.1 Å². The van der Waals surface area contributed by atoms with Gasteiger partial charge < -0.3 is 4.90 Å². The molecular weight excluding hydrogens is 329 g/mol. The number of hydrogen-bond donors (Lipinski definition) is 0. The van der Waals surface area contributed by atoms with Crippen LogP contribution in [0.2, 0.25) is 0 Å². The Balaban J connectivity index is 1.84. The van der Waals surface area contributed by atoms with E-state index in [1.165, 1.54) is 30.3 Å². The number of sulfone groups is 1. The Morgan fingerprint density at radius 3 is 2.29 bits per heavy atom. The SMILES string of the molecule is CS(=O)(=O)c1ccc(C(=O)N(Cc2ccccc2F)C2CC2)cc1. The fraction of sp³-hybridized carbons (Fsp3) is 0.278. The molecule has 0 radical (unpaired) electrons. The highest BCUT2D eigenvalue weighted by Crippen LogP contribution is 2.30. The van der Waals surface area contributed by atoms with Gasteiger partial charge >= 0.3 is 0 Å². The number of carbonyl (C=O) groups is 1. The molecule has 6 heteroatoms. The molecule has 0 saturated heterocycles. The topological polar surface area (TPSA) is 54.5 Å². The van der Waals surface area contributed by atoms with Gasteiger partial charge in [0.1, 0.15) is 5.82 Å². The third kappa shape index (κ3) is 3.64. The van der Waals surface area contributed by atoms with Crippen LogP contribution in [0.3, 0.4) is 0 Å². The summed E-state index contributed by atoms with van der Waals surface area (Å²) in [5.74, 6) is -0.538. The Kier molecular flexibility index (Phi) is 4.41. The highest BCUT2D eigenvalue weighted by atomic mass is 32.2. The van der Waals surface area contributed by atoms with Crippen LogP contribution in [0.25, 0.3) is 0 Å². The van der Waals surface area contributed by atoms with Crippen LogP contribution in [0.15, 0.2) is 53.4 Å². The molecule has 3 rings (SSSR count). The summed E-state index contributed by atoms with van der Waals surface area (Å²) >= 11 is 0. The Morgan fingerprint density at radius 2 is 1.75 bits per heavy atom. The number of halogens is 1. The minimum Gasteiger partial charge on any atom is -0.331 e. The van der Waals surface area contributed by atoms with Crippen molar-refractivity contribution < 1.29 is 17.6 Å². The van der Waals surface area contributed by atoms with Crippen LogP contribution in [0, 0.1) is 5.82 Å². The molecule has 2 aromatic carbocycles. The van der Waals surface area contributed by atoms with Crippen molar-refractivity contribution in [2.45, 2.75) is 30.3 Å². The number of hydrogen-bond acceptors (Lipinski definition) is 3. The lowest BCUT2D eigenvalue weighted by molar-refractivity contribution is 0.0728. The van der Waals surface area contributed by atoms with Crippen LogP contribution in [-0.2, 0) is 16.4 Å². The standard InChI is InChI=1S/C18H18FNO3S/c1-24(22,23)16-10-6-13(7-11-16)18(21)20(15-8-9-15)12-14-4-2-3-5-17(14)19/h2-7,10-11,15H,8-9,12H2,1H3. The van der Waals surface area contributed by atoms with Gasteiger partial charge in [-0.2, -0.15) is 0 Å². The lowest BCUT2D eigenvalue weighted by Crippen LogP contribution is -2.32. The quantitative estimate of drug-likeness (QED) is 0.835. The van der Waals surface area contributed by atoms with Crippen LogP contribution in [0.5, 0.6) is 0 Å². The van der Waals surface area contributed by atoms with Crippen molar-refractivity contribution in [3.05, 3.63) is 65.5 Å². The van der Waals surface area contributed by atoms with Crippen LogP contribution >= 0.6 is 0 Å². The van der Waals surface area contributed by atoms with E-state index in [4.69, 9.17) is 0 Å².